The predicted molar refractivity (Wildman–Crippen MR) is 136 cm³/mol. The normalized spacial score (nSPS) is 34.8. The summed E-state index contributed by atoms with van der Waals surface area (Å²) in [6.45, 7) is 3.78. The molecule has 7 rings (SSSR count). The summed E-state index contributed by atoms with van der Waals surface area (Å²) in [5.41, 5.74) is 2.00. The molecule has 0 amide bonds. The minimum absolute atomic E-state index is 0.0227. The van der Waals surface area contributed by atoms with Crippen LogP contribution in [0.25, 0.3) is 0 Å². The Labute approximate surface area is 212 Å². The number of hydrogen-bond acceptors (Lipinski definition) is 6. The summed E-state index contributed by atoms with van der Waals surface area (Å²) in [6, 6.07) is 10.7. The number of aryl methyl sites for hydroxylation is 1. The van der Waals surface area contributed by atoms with Crippen LogP contribution in [-0.4, -0.2) is 60.4 Å². The fraction of sp³-hybridized carbons (Fsp3) is 0.571. The third-order valence-electron chi connectivity index (χ3n) is 9.70. The number of ether oxygens (including phenoxy) is 1. The van der Waals surface area contributed by atoms with Crippen LogP contribution in [0.3, 0.4) is 0 Å². The molecule has 36 heavy (non-hydrogen) atoms. The molecule has 0 unspecified atom stereocenters. The summed E-state index contributed by atoms with van der Waals surface area (Å²) in [4.78, 5) is 2.48. The first-order chi connectivity index (χ1) is 17.2. The third kappa shape index (κ3) is 3.17. The number of aliphatic hydroxyl groups is 1. The molecule has 1 spiro atoms. The standard InChI is InChI=1S/C28H34N2O5S/c1-17-4-2-3-5-20(17)16-36(33,34)29-21-10-11-28(32)23-14-19-8-9-22(31)25-24(19)27(28,26(21)35-25)12-13-30(23)15-18-6-7-18/h2-5,8-9,18,21,23,26,29,31-32H,6-7,10-16H2,1H3/t21-,23-,26+,27+,28-/m1/s1. The first-order valence-electron chi connectivity index (χ1n) is 13.2. The number of benzene rings is 2. The van der Waals surface area contributed by atoms with E-state index in [1.807, 2.05) is 37.3 Å². The summed E-state index contributed by atoms with van der Waals surface area (Å²) in [6.07, 6.45) is 4.38. The Morgan fingerprint density at radius 3 is 2.72 bits per heavy atom. The highest BCUT2D eigenvalue weighted by molar-refractivity contribution is 7.88. The molecule has 8 heteroatoms. The van der Waals surface area contributed by atoms with Crippen LogP contribution in [0.4, 0.5) is 0 Å². The van der Waals surface area contributed by atoms with Gasteiger partial charge in [0, 0.05) is 18.2 Å². The smallest absolute Gasteiger partial charge is 0.216 e. The number of nitrogens with one attached hydrogen (secondary N) is 1. The van der Waals surface area contributed by atoms with E-state index in [-0.39, 0.29) is 17.5 Å². The average molecular weight is 511 g/mol. The SMILES string of the molecule is Cc1ccccc1CS(=O)(=O)N[C@@H]1CC[C@@]2(O)[C@H]3Cc4ccc(O)c5c4[C@@]2(CCN3CC2CC2)[C@H]1O5. The topological polar surface area (TPSA) is 99.1 Å². The molecule has 2 saturated carbocycles. The third-order valence-corrected chi connectivity index (χ3v) is 11.1. The van der Waals surface area contributed by atoms with Crippen LogP contribution in [0.15, 0.2) is 36.4 Å². The molecule has 1 saturated heterocycles. The molecule has 2 bridgehead atoms. The fourth-order valence-electron chi connectivity index (χ4n) is 7.85. The Balaban J connectivity index is 1.27. The Hall–Kier alpha value is -2.13. The number of hydrogen-bond donors (Lipinski definition) is 3. The molecule has 2 aromatic carbocycles. The maximum atomic E-state index is 13.4. The highest BCUT2D eigenvalue weighted by atomic mass is 32.2. The number of sulfonamides is 1. The molecule has 3 N–H and O–H groups in total. The Morgan fingerprint density at radius 1 is 1.14 bits per heavy atom. The summed E-state index contributed by atoms with van der Waals surface area (Å²) < 4.78 is 36.2. The van der Waals surface area contributed by atoms with E-state index in [1.165, 1.54) is 12.8 Å². The van der Waals surface area contributed by atoms with E-state index in [1.54, 1.807) is 6.07 Å². The van der Waals surface area contributed by atoms with Crippen LogP contribution in [0, 0.1) is 12.8 Å². The largest absolute Gasteiger partial charge is 0.504 e. The monoisotopic (exact) mass is 510 g/mol. The first kappa shape index (κ1) is 23.0. The van der Waals surface area contributed by atoms with Crippen molar-refractivity contribution < 1.29 is 23.4 Å². The second-order valence-electron chi connectivity index (χ2n) is 11.7. The number of nitrogens with zero attached hydrogens (tertiary/aromatic N) is 1. The highest BCUT2D eigenvalue weighted by Crippen LogP contribution is 2.65. The molecule has 0 aromatic heterocycles. The van der Waals surface area contributed by atoms with Gasteiger partial charge in [0.25, 0.3) is 0 Å². The van der Waals surface area contributed by atoms with Gasteiger partial charge in [0.15, 0.2) is 11.5 Å². The zero-order valence-electron chi connectivity index (χ0n) is 20.6. The molecular formula is C28H34N2O5S. The molecule has 7 nitrogen and oxygen atoms in total. The van der Waals surface area contributed by atoms with Crippen LogP contribution < -0.4 is 9.46 Å². The van der Waals surface area contributed by atoms with Crippen molar-refractivity contribution in [3.8, 4) is 11.5 Å². The van der Waals surface area contributed by atoms with E-state index in [2.05, 4.69) is 9.62 Å². The molecule has 3 aliphatic carbocycles. The summed E-state index contributed by atoms with van der Waals surface area (Å²) >= 11 is 0. The first-order valence-corrected chi connectivity index (χ1v) is 14.9. The summed E-state index contributed by atoms with van der Waals surface area (Å²) in [7, 11) is -3.66. The van der Waals surface area contributed by atoms with E-state index < -0.39 is 33.2 Å². The van der Waals surface area contributed by atoms with E-state index in [4.69, 9.17) is 4.74 Å². The van der Waals surface area contributed by atoms with E-state index >= 15 is 0 Å². The van der Waals surface area contributed by atoms with Gasteiger partial charge in [0.05, 0.1) is 22.8 Å². The van der Waals surface area contributed by atoms with Gasteiger partial charge >= 0.3 is 0 Å². The lowest BCUT2D eigenvalue weighted by Gasteiger charge is -2.64. The van der Waals surface area contributed by atoms with Crippen molar-refractivity contribution in [2.75, 3.05) is 13.1 Å². The lowest BCUT2D eigenvalue weighted by Crippen LogP contribution is -2.78. The van der Waals surface area contributed by atoms with Gasteiger partial charge < -0.3 is 14.9 Å². The van der Waals surface area contributed by atoms with Crippen molar-refractivity contribution in [2.24, 2.45) is 5.92 Å². The van der Waals surface area contributed by atoms with Crippen molar-refractivity contribution in [3.05, 3.63) is 58.7 Å². The van der Waals surface area contributed by atoms with E-state index in [9.17, 15) is 18.6 Å². The van der Waals surface area contributed by atoms with Gasteiger partial charge in [-0.1, -0.05) is 30.3 Å². The number of rotatable bonds is 6. The lowest BCUT2D eigenvalue weighted by atomic mass is 9.48. The minimum Gasteiger partial charge on any atom is -0.504 e. The molecule has 2 aromatic rings. The van der Waals surface area contributed by atoms with Gasteiger partial charge in [-0.25, -0.2) is 13.1 Å². The highest BCUT2D eigenvalue weighted by Gasteiger charge is 2.73. The molecule has 0 radical (unpaired) electrons. The lowest BCUT2D eigenvalue weighted by molar-refractivity contribution is -0.190. The quantitative estimate of drug-likeness (QED) is 0.553. The molecular weight excluding hydrogens is 476 g/mol. The summed E-state index contributed by atoms with van der Waals surface area (Å²) in [5, 5.41) is 23.3. The van der Waals surface area contributed by atoms with Gasteiger partial charge in [-0.3, -0.25) is 4.90 Å². The van der Waals surface area contributed by atoms with E-state index in [0.717, 1.165) is 47.7 Å². The minimum atomic E-state index is -3.66. The second-order valence-corrected chi connectivity index (χ2v) is 13.5. The van der Waals surface area contributed by atoms with Crippen LogP contribution >= 0.6 is 0 Å². The maximum Gasteiger partial charge on any atom is 0.216 e. The van der Waals surface area contributed by atoms with Crippen LogP contribution in [0.1, 0.15) is 54.4 Å². The molecule has 5 aliphatic rings. The molecule has 2 aliphatic heterocycles. The van der Waals surface area contributed by atoms with E-state index in [0.29, 0.717) is 25.0 Å². The van der Waals surface area contributed by atoms with Gasteiger partial charge in [-0.15, -0.1) is 0 Å². The average Bonchev–Trinajstić information content (AvgIpc) is 3.57. The zero-order chi connectivity index (χ0) is 24.9. The van der Waals surface area contributed by atoms with Gasteiger partial charge in [0.2, 0.25) is 10.0 Å². The van der Waals surface area contributed by atoms with Crippen LogP contribution in [-0.2, 0) is 27.6 Å². The molecule has 5 atom stereocenters. The molecule has 2 heterocycles. The van der Waals surface area contributed by atoms with Crippen LogP contribution in [0.5, 0.6) is 11.5 Å². The van der Waals surface area contributed by atoms with Crippen molar-refractivity contribution in [1.82, 2.24) is 9.62 Å². The zero-order valence-corrected chi connectivity index (χ0v) is 21.4. The molecule has 3 fully saturated rings. The number of aromatic hydroxyl groups is 1. The van der Waals surface area contributed by atoms with Crippen LogP contribution in [0.2, 0.25) is 0 Å². The Kier molecular flexibility index (Phi) is 4.92. The number of piperidine rings is 1. The van der Waals surface area contributed by atoms with Crippen molar-refractivity contribution in [2.45, 2.75) is 80.4 Å². The number of likely N-dealkylation sites (tertiary alicyclic amines) is 1. The summed E-state index contributed by atoms with van der Waals surface area (Å²) in [5.74, 6) is 1.14. The molecule has 192 valence electrons. The number of phenols is 1. The fourth-order valence-corrected chi connectivity index (χ4v) is 9.37. The number of phenolic OH excluding ortho intramolecular Hbond substituents is 1. The van der Waals surface area contributed by atoms with Gasteiger partial charge in [0.1, 0.15) is 6.10 Å². The predicted octanol–water partition coefficient (Wildman–Crippen LogP) is 2.75. The van der Waals surface area contributed by atoms with Gasteiger partial charge in [-0.2, -0.15) is 0 Å². The Bertz CT molecular complexity index is 1340. The van der Waals surface area contributed by atoms with Crippen molar-refractivity contribution in [1.29, 1.82) is 0 Å². The second kappa shape index (κ2) is 7.69. The van der Waals surface area contributed by atoms with Crippen molar-refractivity contribution in [3.63, 3.8) is 0 Å². The van der Waals surface area contributed by atoms with Gasteiger partial charge in [-0.05, 0) is 80.7 Å². The Morgan fingerprint density at radius 2 is 1.94 bits per heavy atom. The van der Waals surface area contributed by atoms with Crippen molar-refractivity contribution >= 4 is 10.0 Å². The maximum absolute atomic E-state index is 13.4.